The van der Waals surface area contributed by atoms with Gasteiger partial charge in [0.25, 0.3) is 0 Å². The van der Waals surface area contributed by atoms with Crippen LogP contribution in [0.4, 0.5) is 5.82 Å². The second-order valence-corrected chi connectivity index (χ2v) is 4.38. The number of aromatic nitrogens is 1. The van der Waals surface area contributed by atoms with Crippen LogP contribution in [0, 0.1) is 5.92 Å². The van der Waals surface area contributed by atoms with Gasteiger partial charge in [-0.05, 0) is 46.8 Å². The summed E-state index contributed by atoms with van der Waals surface area (Å²) in [6, 6.07) is 3.68. The van der Waals surface area contributed by atoms with E-state index in [-0.39, 0.29) is 5.91 Å². The van der Waals surface area contributed by atoms with Crippen LogP contribution in [-0.4, -0.2) is 10.9 Å². The molecule has 1 heterocycles. The summed E-state index contributed by atoms with van der Waals surface area (Å²) in [6.07, 6.45) is 4.67. The van der Waals surface area contributed by atoms with Crippen molar-refractivity contribution in [3.63, 3.8) is 0 Å². The van der Waals surface area contributed by atoms with Crippen molar-refractivity contribution < 1.29 is 4.79 Å². The Morgan fingerprint density at radius 3 is 3.07 bits per heavy atom. The van der Waals surface area contributed by atoms with E-state index in [1.165, 1.54) is 12.8 Å². The summed E-state index contributed by atoms with van der Waals surface area (Å²) in [5.41, 5.74) is 0. The number of rotatable bonds is 3. The van der Waals surface area contributed by atoms with Gasteiger partial charge in [-0.15, -0.1) is 0 Å². The predicted octanol–water partition coefficient (Wildman–Crippen LogP) is 2.58. The van der Waals surface area contributed by atoms with Gasteiger partial charge in [-0.1, -0.05) is 0 Å². The number of carbonyl (C=O) groups is 1. The topological polar surface area (TPSA) is 42.0 Å². The molecule has 0 spiro atoms. The van der Waals surface area contributed by atoms with Crippen molar-refractivity contribution in [3.05, 3.63) is 22.8 Å². The quantitative estimate of drug-likeness (QED) is 0.901. The molecule has 1 aliphatic rings. The van der Waals surface area contributed by atoms with Crippen LogP contribution in [0.2, 0.25) is 0 Å². The number of amides is 1. The first-order valence-electron chi connectivity index (χ1n) is 4.66. The molecular weight excluding hydrogens is 244 g/mol. The molecule has 1 fully saturated rings. The molecule has 0 atom stereocenters. The molecule has 0 unspecified atom stereocenters. The molecule has 0 saturated heterocycles. The molecular formula is C10H11BrN2O. The molecule has 3 nitrogen and oxygen atoms in total. The molecule has 0 aromatic carbocycles. The Morgan fingerprint density at radius 2 is 2.43 bits per heavy atom. The number of hydrogen-bond acceptors (Lipinski definition) is 2. The average Bonchev–Trinajstić information content (AvgIpc) is 2.93. The van der Waals surface area contributed by atoms with Crippen LogP contribution in [0.3, 0.4) is 0 Å². The Kier molecular flexibility index (Phi) is 2.82. The highest BCUT2D eigenvalue weighted by atomic mass is 79.9. The van der Waals surface area contributed by atoms with Gasteiger partial charge in [0, 0.05) is 12.6 Å². The van der Waals surface area contributed by atoms with Gasteiger partial charge in [-0.2, -0.15) is 0 Å². The van der Waals surface area contributed by atoms with Gasteiger partial charge in [0.05, 0.1) is 4.47 Å². The largest absolute Gasteiger partial charge is 0.310 e. The Morgan fingerprint density at radius 1 is 1.64 bits per heavy atom. The first-order valence-corrected chi connectivity index (χ1v) is 5.45. The summed E-state index contributed by atoms with van der Waals surface area (Å²) in [6.45, 7) is 0. The molecule has 1 saturated carbocycles. The Balaban J connectivity index is 1.95. The van der Waals surface area contributed by atoms with E-state index < -0.39 is 0 Å². The van der Waals surface area contributed by atoms with E-state index in [1.54, 1.807) is 6.20 Å². The van der Waals surface area contributed by atoms with Crippen LogP contribution < -0.4 is 5.32 Å². The zero-order valence-electron chi connectivity index (χ0n) is 7.66. The van der Waals surface area contributed by atoms with Crippen molar-refractivity contribution in [1.82, 2.24) is 4.98 Å². The van der Waals surface area contributed by atoms with E-state index in [4.69, 9.17) is 0 Å². The van der Waals surface area contributed by atoms with Crippen molar-refractivity contribution >= 4 is 27.7 Å². The summed E-state index contributed by atoms with van der Waals surface area (Å²) in [5.74, 6) is 1.28. The SMILES string of the molecule is O=C(CC1CC1)Nc1ncccc1Br. The fourth-order valence-corrected chi connectivity index (χ4v) is 1.60. The van der Waals surface area contributed by atoms with Crippen molar-refractivity contribution in [2.24, 2.45) is 5.92 Å². The molecule has 4 heteroatoms. The Bertz CT molecular complexity index is 350. The lowest BCUT2D eigenvalue weighted by molar-refractivity contribution is -0.116. The van der Waals surface area contributed by atoms with Gasteiger partial charge in [0.2, 0.25) is 5.91 Å². The van der Waals surface area contributed by atoms with Crippen molar-refractivity contribution in [2.75, 3.05) is 5.32 Å². The smallest absolute Gasteiger partial charge is 0.225 e. The van der Waals surface area contributed by atoms with E-state index in [2.05, 4.69) is 26.2 Å². The molecule has 1 N–H and O–H groups in total. The highest BCUT2D eigenvalue weighted by Gasteiger charge is 2.24. The van der Waals surface area contributed by atoms with E-state index in [0.717, 1.165) is 4.47 Å². The number of nitrogens with one attached hydrogen (secondary N) is 1. The molecule has 1 aromatic heterocycles. The minimum atomic E-state index is 0.0619. The van der Waals surface area contributed by atoms with Crippen LogP contribution >= 0.6 is 15.9 Å². The zero-order valence-corrected chi connectivity index (χ0v) is 9.25. The third kappa shape index (κ3) is 2.54. The molecule has 14 heavy (non-hydrogen) atoms. The highest BCUT2D eigenvalue weighted by molar-refractivity contribution is 9.10. The van der Waals surface area contributed by atoms with Crippen LogP contribution in [0.1, 0.15) is 19.3 Å². The number of carbonyl (C=O) groups excluding carboxylic acids is 1. The Labute approximate surface area is 91.0 Å². The fourth-order valence-electron chi connectivity index (χ4n) is 1.24. The minimum Gasteiger partial charge on any atom is -0.310 e. The van der Waals surface area contributed by atoms with E-state index >= 15 is 0 Å². The van der Waals surface area contributed by atoms with Gasteiger partial charge in [-0.3, -0.25) is 4.79 Å². The van der Waals surface area contributed by atoms with Crippen molar-refractivity contribution in [3.8, 4) is 0 Å². The van der Waals surface area contributed by atoms with E-state index in [9.17, 15) is 4.79 Å². The van der Waals surface area contributed by atoms with Crippen molar-refractivity contribution in [1.29, 1.82) is 0 Å². The van der Waals surface area contributed by atoms with Gasteiger partial charge in [-0.25, -0.2) is 4.98 Å². The number of anilines is 1. The van der Waals surface area contributed by atoms with E-state index in [0.29, 0.717) is 18.2 Å². The molecule has 0 aliphatic heterocycles. The minimum absolute atomic E-state index is 0.0619. The molecule has 1 aliphatic carbocycles. The average molecular weight is 255 g/mol. The monoisotopic (exact) mass is 254 g/mol. The van der Waals surface area contributed by atoms with Crippen LogP contribution in [0.15, 0.2) is 22.8 Å². The first-order chi connectivity index (χ1) is 6.75. The van der Waals surface area contributed by atoms with Crippen LogP contribution in [0.25, 0.3) is 0 Å². The lowest BCUT2D eigenvalue weighted by atomic mass is 10.3. The van der Waals surface area contributed by atoms with Gasteiger partial charge < -0.3 is 5.32 Å². The summed E-state index contributed by atoms with van der Waals surface area (Å²) in [4.78, 5) is 15.5. The van der Waals surface area contributed by atoms with Crippen LogP contribution in [-0.2, 0) is 4.79 Å². The zero-order chi connectivity index (χ0) is 9.97. The summed E-state index contributed by atoms with van der Waals surface area (Å²) in [5, 5.41) is 2.78. The number of hydrogen-bond donors (Lipinski definition) is 1. The number of halogens is 1. The number of nitrogens with zero attached hydrogens (tertiary/aromatic N) is 1. The van der Waals surface area contributed by atoms with Gasteiger partial charge in [0.15, 0.2) is 0 Å². The summed E-state index contributed by atoms with van der Waals surface area (Å²) >= 11 is 3.33. The van der Waals surface area contributed by atoms with Crippen LogP contribution in [0.5, 0.6) is 0 Å². The maximum absolute atomic E-state index is 11.4. The normalized spacial score (nSPS) is 15.2. The maximum Gasteiger partial charge on any atom is 0.225 e. The summed E-state index contributed by atoms with van der Waals surface area (Å²) in [7, 11) is 0. The third-order valence-electron chi connectivity index (χ3n) is 2.19. The first kappa shape index (κ1) is 9.65. The molecule has 0 radical (unpaired) electrons. The standard InChI is InChI=1S/C10H11BrN2O/c11-8-2-1-5-12-10(8)13-9(14)6-7-3-4-7/h1-2,5,7H,3-4,6H2,(H,12,13,14). The number of pyridine rings is 1. The molecule has 1 aromatic rings. The second kappa shape index (κ2) is 4.09. The molecule has 0 bridgehead atoms. The third-order valence-corrected chi connectivity index (χ3v) is 2.83. The summed E-state index contributed by atoms with van der Waals surface area (Å²) < 4.78 is 0.823. The molecule has 1 amide bonds. The maximum atomic E-state index is 11.4. The Hall–Kier alpha value is -0.900. The van der Waals surface area contributed by atoms with E-state index in [1.807, 2.05) is 12.1 Å². The lowest BCUT2D eigenvalue weighted by Crippen LogP contribution is -2.13. The van der Waals surface area contributed by atoms with Crippen molar-refractivity contribution in [2.45, 2.75) is 19.3 Å². The van der Waals surface area contributed by atoms with Gasteiger partial charge >= 0.3 is 0 Å². The molecule has 74 valence electrons. The molecule has 2 rings (SSSR count). The fraction of sp³-hybridized carbons (Fsp3) is 0.400. The predicted molar refractivity (Wildman–Crippen MR) is 57.9 cm³/mol. The highest BCUT2D eigenvalue weighted by Crippen LogP contribution is 2.32. The van der Waals surface area contributed by atoms with Gasteiger partial charge in [0.1, 0.15) is 5.82 Å². The lowest BCUT2D eigenvalue weighted by Gasteiger charge is -2.04. The second-order valence-electron chi connectivity index (χ2n) is 3.53.